The molecule has 2 aliphatic rings. The summed E-state index contributed by atoms with van der Waals surface area (Å²) >= 11 is 0. The van der Waals surface area contributed by atoms with Gasteiger partial charge in [0.25, 0.3) is 0 Å². The first-order valence-corrected chi connectivity index (χ1v) is 23.3. The molecule has 0 saturated heterocycles. The summed E-state index contributed by atoms with van der Waals surface area (Å²) < 4.78 is 0. The van der Waals surface area contributed by atoms with Gasteiger partial charge in [0.2, 0.25) is 0 Å². The molecule has 314 valence electrons. The van der Waals surface area contributed by atoms with E-state index < -0.39 is 10.8 Å². The molecule has 0 radical (unpaired) electrons. The molecule has 0 saturated carbocycles. The molecule has 1 nitrogen and oxygen atoms in total. The highest BCUT2D eigenvalue weighted by Crippen LogP contribution is 2.66. The zero-order valence-corrected chi connectivity index (χ0v) is 36.9. The SMILES string of the molecule is c1ccc(-c2ccc(N(c3ccc(-c4cccc5ccccc45)cc3)c3ccccc3C3(c4ccccc4)c4ccccc4C4(c5ccccc5)c5ccccc5-c5cccc3c54)cc2)cc1. The molecule has 0 amide bonds. The zero-order valence-electron chi connectivity index (χ0n) is 36.9. The van der Waals surface area contributed by atoms with Gasteiger partial charge in [0.1, 0.15) is 0 Å². The molecular weight excluding hydrogens is 807 g/mol. The Morgan fingerprint density at radius 1 is 0.254 bits per heavy atom. The number of anilines is 3. The van der Waals surface area contributed by atoms with Crippen LogP contribution in [0.2, 0.25) is 0 Å². The second-order valence-corrected chi connectivity index (χ2v) is 17.9. The number of hydrogen-bond donors (Lipinski definition) is 0. The molecule has 2 aliphatic carbocycles. The molecule has 2 atom stereocenters. The van der Waals surface area contributed by atoms with Crippen molar-refractivity contribution < 1.29 is 0 Å². The van der Waals surface area contributed by atoms with Crippen LogP contribution in [0.4, 0.5) is 17.1 Å². The number of rotatable bonds is 8. The topological polar surface area (TPSA) is 3.24 Å². The van der Waals surface area contributed by atoms with E-state index in [2.05, 4.69) is 278 Å². The first-order valence-electron chi connectivity index (χ1n) is 23.3. The van der Waals surface area contributed by atoms with Gasteiger partial charge >= 0.3 is 0 Å². The van der Waals surface area contributed by atoms with Crippen molar-refractivity contribution in [1.82, 2.24) is 0 Å². The van der Waals surface area contributed by atoms with Crippen molar-refractivity contribution in [2.24, 2.45) is 0 Å². The van der Waals surface area contributed by atoms with Crippen LogP contribution in [0.3, 0.4) is 0 Å². The fourth-order valence-electron chi connectivity index (χ4n) is 11.9. The van der Waals surface area contributed by atoms with Gasteiger partial charge in [-0.05, 0) is 119 Å². The molecule has 1 heteroatoms. The summed E-state index contributed by atoms with van der Waals surface area (Å²) in [6.45, 7) is 0. The van der Waals surface area contributed by atoms with Crippen molar-refractivity contribution in [2.75, 3.05) is 4.90 Å². The molecule has 0 fully saturated rings. The lowest BCUT2D eigenvalue weighted by Gasteiger charge is -2.50. The molecule has 67 heavy (non-hydrogen) atoms. The average molecular weight is 852 g/mol. The quantitative estimate of drug-likeness (QED) is 0.147. The van der Waals surface area contributed by atoms with E-state index >= 15 is 0 Å². The Morgan fingerprint density at radius 2 is 0.701 bits per heavy atom. The van der Waals surface area contributed by atoms with Crippen LogP contribution in [0.15, 0.2) is 273 Å². The molecule has 2 unspecified atom stereocenters. The predicted octanol–water partition coefficient (Wildman–Crippen LogP) is 16.7. The van der Waals surface area contributed by atoms with E-state index in [-0.39, 0.29) is 0 Å². The monoisotopic (exact) mass is 851 g/mol. The van der Waals surface area contributed by atoms with Gasteiger partial charge in [-0.15, -0.1) is 0 Å². The van der Waals surface area contributed by atoms with Gasteiger partial charge < -0.3 is 4.90 Å². The highest BCUT2D eigenvalue weighted by molar-refractivity contribution is 5.97. The maximum Gasteiger partial charge on any atom is 0.0728 e. The van der Waals surface area contributed by atoms with Gasteiger partial charge in [-0.2, -0.15) is 0 Å². The van der Waals surface area contributed by atoms with E-state index in [0.717, 1.165) is 17.1 Å². The van der Waals surface area contributed by atoms with E-state index in [0.29, 0.717) is 0 Å². The summed E-state index contributed by atoms with van der Waals surface area (Å²) in [6.07, 6.45) is 0. The highest BCUT2D eigenvalue weighted by atomic mass is 15.1. The Labute approximate surface area is 392 Å². The Bertz CT molecular complexity index is 3610. The second-order valence-electron chi connectivity index (χ2n) is 17.9. The fourth-order valence-corrected chi connectivity index (χ4v) is 11.9. The van der Waals surface area contributed by atoms with Crippen LogP contribution in [0.5, 0.6) is 0 Å². The first kappa shape index (κ1) is 38.9. The lowest BCUT2D eigenvalue weighted by Crippen LogP contribution is -2.44. The van der Waals surface area contributed by atoms with E-state index in [4.69, 9.17) is 0 Å². The summed E-state index contributed by atoms with van der Waals surface area (Å²) in [5, 5.41) is 2.49. The molecule has 0 aliphatic heterocycles. The number of para-hydroxylation sites is 1. The number of nitrogens with zero attached hydrogens (tertiary/aromatic N) is 1. The van der Waals surface area contributed by atoms with Crippen molar-refractivity contribution in [3.63, 3.8) is 0 Å². The van der Waals surface area contributed by atoms with Gasteiger partial charge in [-0.1, -0.05) is 243 Å². The molecule has 0 spiro atoms. The Morgan fingerprint density at radius 3 is 1.40 bits per heavy atom. The molecule has 11 aromatic rings. The molecule has 13 rings (SSSR count). The normalized spacial score (nSPS) is 16.5. The predicted molar refractivity (Wildman–Crippen MR) is 279 cm³/mol. The van der Waals surface area contributed by atoms with Gasteiger partial charge in [-0.3, -0.25) is 0 Å². The van der Waals surface area contributed by atoms with Crippen molar-refractivity contribution in [1.29, 1.82) is 0 Å². The minimum Gasteiger partial charge on any atom is -0.310 e. The summed E-state index contributed by atoms with van der Waals surface area (Å²) in [6, 6.07) is 101. The number of fused-ring (bicyclic) bond motifs is 6. The number of hydrogen-bond acceptors (Lipinski definition) is 1. The molecule has 0 aromatic heterocycles. The first-order chi connectivity index (χ1) is 33.3. The Kier molecular flexibility index (Phi) is 9.05. The van der Waals surface area contributed by atoms with Crippen LogP contribution in [0.25, 0.3) is 44.2 Å². The van der Waals surface area contributed by atoms with Crippen molar-refractivity contribution in [2.45, 2.75) is 10.8 Å². The van der Waals surface area contributed by atoms with Crippen LogP contribution < -0.4 is 4.90 Å². The fraction of sp³-hybridized carbons (Fsp3) is 0.0303. The van der Waals surface area contributed by atoms with E-state index in [9.17, 15) is 0 Å². The van der Waals surface area contributed by atoms with Crippen LogP contribution >= 0.6 is 0 Å². The van der Waals surface area contributed by atoms with Crippen molar-refractivity contribution in [3.8, 4) is 33.4 Å². The average Bonchev–Trinajstić information content (AvgIpc) is 3.72. The zero-order chi connectivity index (χ0) is 44.4. The van der Waals surface area contributed by atoms with E-state index in [1.54, 1.807) is 0 Å². The van der Waals surface area contributed by atoms with Crippen molar-refractivity contribution in [3.05, 3.63) is 317 Å². The van der Waals surface area contributed by atoms with Gasteiger partial charge in [0.15, 0.2) is 0 Å². The number of benzene rings is 11. The minimum atomic E-state index is -0.731. The maximum atomic E-state index is 2.49. The maximum absolute atomic E-state index is 2.49. The lowest BCUT2D eigenvalue weighted by atomic mass is 9.51. The van der Waals surface area contributed by atoms with Gasteiger partial charge in [0.05, 0.1) is 16.5 Å². The van der Waals surface area contributed by atoms with Gasteiger partial charge in [-0.25, -0.2) is 0 Å². The van der Waals surface area contributed by atoms with Gasteiger partial charge in [0, 0.05) is 11.4 Å². The third-order valence-electron chi connectivity index (χ3n) is 14.6. The van der Waals surface area contributed by atoms with Crippen molar-refractivity contribution >= 4 is 27.8 Å². The molecule has 0 bridgehead atoms. The van der Waals surface area contributed by atoms with E-state index in [1.165, 1.54) is 88.7 Å². The summed E-state index contributed by atoms with van der Waals surface area (Å²) in [4.78, 5) is 2.49. The third kappa shape index (κ3) is 5.75. The van der Waals surface area contributed by atoms with Crippen LogP contribution in [-0.4, -0.2) is 0 Å². The molecule has 0 N–H and O–H groups in total. The summed E-state index contributed by atoms with van der Waals surface area (Å²) in [5.41, 5.74) is 19.7. The Balaban J connectivity index is 1.10. The lowest BCUT2D eigenvalue weighted by molar-refractivity contribution is 0.627. The van der Waals surface area contributed by atoms with Crippen LogP contribution in [0, 0.1) is 0 Å². The summed E-state index contributed by atoms with van der Waals surface area (Å²) in [7, 11) is 0. The summed E-state index contributed by atoms with van der Waals surface area (Å²) in [5.74, 6) is 0. The standard InChI is InChI=1S/C66H45N/c1-4-20-46(21-5-1)47-38-42-52(43-39-47)67(53-44-40-49(41-45-53)55-30-18-23-48-22-10-11-28-54(48)55)63-37-17-16-35-61(63)65(50-24-6-2-7-25-50)59-33-14-15-34-60(59)66(51-26-8-3-9-27-51)58-32-13-12-29-56(58)57-31-19-36-62(65)64(57)66/h1-45H. The Hall–Kier alpha value is -8.52. The van der Waals surface area contributed by atoms with Crippen LogP contribution in [-0.2, 0) is 10.8 Å². The highest BCUT2D eigenvalue weighted by Gasteiger charge is 2.58. The third-order valence-corrected chi connectivity index (χ3v) is 14.6. The molecule has 0 heterocycles. The smallest absolute Gasteiger partial charge is 0.0728 e. The second kappa shape index (κ2) is 15.6. The molecule has 11 aromatic carbocycles. The largest absolute Gasteiger partial charge is 0.310 e. The van der Waals surface area contributed by atoms with Crippen LogP contribution in [0.1, 0.15) is 44.5 Å². The molecular formula is C66H45N. The minimum absolute atomic E-state index is 0.530. The van der Waals surface area contributed by atoms with E-state index in [1.807, 2.05) is 0 Å².